The molecule has 16 heavy (non-hydrogen) atoms. The number of aryl methyl sites for hydroxylation is 1. The molecular weight excluding hydrogens is 229 g/mol. The van der Waals surface area contributed by atoms with Crippen molar-refractivity contribution in [3.63, 3.8) is 0 Å². The molecule has 0 spiro atoms. The predicted octanol–water partition coefficient (Wildman–Crippen LogP) is 2.08. The number of rotatable bonds is 3. The second-order valence-corrected chi connectivity index (χ2v) is 5.01. The molecule has 1 aromatic heterocycles. The van der Waals surface area contributed by atoms with Crippen molar-refractivity contribution in [1.29, 1.82) is 0 Å². The summed E-state index contributed by atoms with van der Waals surface area (Å²) in [5, 5.41) is 0.981. The van der Waals surface area contributed by atoms with Crippen LogP contribution in [0.2, 0.25) is 0 Å². The second kappa shape index (κ2) is 4.17. The van der Waals surface area contributed by atoms with Crippen molar-refractivity contribution in [2.24, 2.45) is 0 Å². The maximum atomic E-state index is 12.3. The molecule has 0 saturated carbocycles. The maximum Gasteiger partial charge on any atom is 0.302 e. The molecule has 0 radical (unpaired) electrons. The highest BCUT2D eigenvalue weighted by Gasteiger charge is 2.07. The van der Waals surface area contributed by atoms with Gasteiger partial charge in [-0.25, -0.2) is 0 Å². The molecule has 2 rings (SSSR count). The van der Waals surface area contributed by atoms with Crippen LogP contribution < -0.4 is 0 Å². The minimum Gasteiger partial charge on any atom is -0.256 e. The van der Waals surface area contributed by atoms with E-state index in [1.807, 2.05) is 18.2 Å². The van der Waals surface area contributed by atoms with Crippen molar-refractivity contribution in [3.05, 3.63) is 42.1 Å². The van der Waals surface area contributed by atoms with E-state index in [4.69, 9.17) is 0 Å². The zero-order valence-corrected chi connectivity index (χ0v) is 9.24. The molecule has 1 aromatic carbocycles. The van der Waals surface area contributed by atoms with Crippen LogP contribution in [0.4, 0.5) is 3.89 Å². The maximum absolute atomic E-state index is 12.3. The number of benzene rings is 1. The van der Waals surface area contributed by atoms with Gasteiger partial charge in [0.25, 0.3) is 0 Å². The molecule has 0 bridgehead atoms. The number of halogens is 1. The van der Waals surface area contributed by atoms with Crippen molar-refractivity contribution in [1.82, 2.24) is 4.98 Å². The minimum absolute atomic E-state index is 0.172. The zero-order chi connectivity index (χ0) is 11.6. The minimum atomic E-state index is -4.40. The molecule has 0 amide bonds. The van der Waals surface area contributed by atoms with E-state index in [-0.39, 0.29) is 6.42 Å². The lowest BCUT2D eigenvalue weighted by atomic mass is 10.1. The number of hydrogen-bond donors (Lipinski definition) is 0. The highest BCUT2D eigenvalue weighted by Crippen LogP contribution is 2.14. The summed E-state index contributed by atoms with van der Waals surface area (Å²) in [7, 11) is -4.40. The lowest BCUT2D eigenvalue weighted by molar-refractivity contribution is 0.551. The van der Waals surface area contributed by atoms with E-state index in [9.17, 15) is 12.3 Å². The van der Waals surface area contributed by atoms with Gasteiger partial charge in [0.15, 0.2) is 0 Å². The summed E-state index contributed by atoms with van der Waals surface area (Å²) in [6.45, 7) is 0. The average Bonchev–Trinajstić information content (AvgIpc) is 2.25. The average molecular weight is 239 g/mol. The summed E-state index contributed by atoms with van der Waals surface area (Å²) in [6, 6.07) is 9.16. The molecule has 0 N–H and O–H groups in total. The van der Waals surface area contributed by atoms with Crippen LogP contribution in [0.15, 0.2) is 36.5 Å². The molecule has 0 fully saturated rings. The van der Waals surface area contributed by atoms with Gasteiger partial charge in [-0.3, -0.25) is 4.98 Å². The Bertz CT molecular complexity index is 610. The molecule has 0 aliphatic rings. The summed E-state index contributed by atoms with van der Waals surface area (Å²) >= 11 is 0. The molecular formula is C11H10FNO2S. The molecule has 3 nitrogen and oxygen atoms in total. The smallest absolute Gasteiger partial charge is 0.256 e. The lowest BCUT2D eigenvalue weighted by Crippen LogP contribution is -2.01. The van der Waals surface area contributed by atoms with E-state index in [1.165, 1.54) is 0 Å². The topological polar surface area (TPSA) is 47.0 Å². The Hall–Kier alpha value is -1.49. The molecule has 0 saturated heterocycles. The number of aromatic nitrogens is 1. The summed E-state index contributed by atoms with van der Waals surface area (Å²) in [5.41, 5.74) is 1.56. The molecule has 5 heteroatoms. The van der Waals surface area contributed by atoms with Crippen LogP contribution in [0.3, 0.4) is 0 Å². The van der Waals surface area contributed by atoms with Gasteiger partial charge < -0.3 is 0 Å². The Labute approximate surface area is 93.1 Å². The summed E-state index contributed by atoms with van der Waals surface area (Å²) < 4.78 is 33.1. The van der Waals surface area contributed by atoms with Gasteiger partial charge in [-0.05, 0) is 24.1 Å². The van der Waals surface area contributed by atoms with Crippen molar-refractivity contribution in [2.45, 2.75) is 6.42 Å². The van der Waals surface area contributed by atoms with Crippen LogP contribution in [0.25, 0.3) is 10.9 Å². The standard InChI is InChI=1S/C11H10FNO2S/c12-16(14,15)7-5-9-3-4-10-2-1-6-13-11(10)8-9/h1-4,6,8H,5,7H2. The van der Waals surface area contributed by atoms with Gasteiger partial charge >= 0.3 is 10.2 Å². The van der Waals surface area contributed by atoms with E-state index in [2.05, 4.69) is 4.98 Å². The van der Waals surface area contributed by atoms with Crippen LogP contribution in [0, 0.1) is 0 Å². The van der Waals surface area contributed by atoms with Gasteiger partial charge in [-0.15, -0.1) is 3.89 Å². The predicted molar refractivity (Wildman–Crippen MR) is 60.3 cm³/mol. The normalized spacial score (nSPS) is 11.8. The molecule has 0 atom stereocenters. The van der Waals surface area contributed by atoms with E-state index in [0.29, 0.717) is 0 Å². The SMILES string of the molecule is O=S(=O)(F)CCc1ccc2cccnc2c1. The van der Waals surface area contributed by atoms with Crippen molar-refractivity contribution < 1.29 is 12.3 Å². The van der Waals surface area contributed by atoms with Crippen molar-refractivity contribution in [3.8, 4) is 0 Å². The Morgan fingerprint density at radius 2 is 2.06 bits per heavy atom. The van der Waals surface area contributed by atoms with Gasteiger partial charge in [0, 0.05) is 11.6 Å². The van der Waals surface area contributed by atoms with Gasteiger partial charge in [0.05, 0.1) is 11.3 Å². The van der Waals surface area contributed by atoms with Crippen LogP contribution in [0.5, 0.6) is 0 Å². The number of fused-ring (bicyclic) bond motifs is 1. The van der Waals surface area contributed by atoms with E-state index >= 15 is 0 Å². The Morgan fingerprint density at radius 1 is 1.25 bits per heavy atom. The van der Waals surface area contributed by atoms with Gasteiger partial charge in [-0.2, -0.15) is 8.42 Å². The summed E-state index contributed by atoms with van der Waals surface area (Å²) in [5.74, 6) is -0.481. The number of pyridine rings is 1. The number of nitrogens with zero attached hydrogens (tertiary/aromatic N) is 1. The van der Waals surface area contributed by atoms with Gasteiger partial charge in [-0.1, -0.05) is 18.2 Å². The molecule has 2 aromatic rings. The second-order valence-electron chi connectivity index (χ2n) is 3.52. The van der Waals surface area contributed by atoms with E-state index in [1.54, 1.807) is 18.3 Å². The first-order chi connectivity index (χ1) is 7.54. The monoisotopic (exact) mass is 239 g/mol. The molecule has 0 aliphatic heterocycles. The Balaban J connectivity index is 2.26. The van der Waals surface area contributed by atoms with Crippen molar-refractivity contribution >= 4 is 21.1 Å². The van der Waals surface area contributed by atoms with Gasteiger partial charge in [0.2, 0.25) is 0 Å². The number of hydrogen-bond acceptors (Lipinski definition) is 3. The molecule has 1 heterocycles. The first-order valence-corrected chi connectivity index (χ1v) is 6.36. The van der Waals surface area contributed by atoms with Crippen LogP contribution in [-0.4, -0.2) is 19.2 Å². The fraction of sp³-hybridized carbons (Fsp3) is 0.182. The molecule has 84 valence electrons. The quantitative estimate of drug-likeness (QED) is 0.770. The van der Waals surface area contributed by atoms with Crippen LogP contribution in [0.1, 0.15) is 5.56 Å². The third-order valence-corrected chi connectivity index (χ3v) is 3.00. The summed E-state index contributed by atoms with van der Waals surface area (Å²) in [6.07, 6.45) is 1.84. The molecule has 0 unspecified atom stereocenters. The van der Waals surface area contributed by atoms with Crippen LogP contribution >= 0.6 is 0 Å². The first-order valence-electron chi connectivity index (χ1n) is 4.81. The van der Waals surface area contributed by atoms with E-state index in [0.717, 1.165) is 16.5 Å². The van der Waals surface area contributed by atoms with Gasteiger partial charge in [0.1, 0.15) is 0 Å². The Morgan fingerprint density at radius 3 is 2.81 bits per heavy atom. The Kier molecular flexibility index (Phi) is 2.87. The van der Waals surface area contributed by atoms with Crippen molar-refractivity contribution in [2.75, 3.05) is 5.75 Å². The third-order valence-electron chi connectivity index (χ3n) is 2.30. The first kappa shape index (κ1) is 11.0. The largest absolute Gasteiger partial charge is 0.302 e. The summed E-state index contributed by atoms with van der Waals surface area (Å²) in [4.78, 5) is 4.14. The highest BCUT2D eigenvalue weighted by molar-refractivity contribution is 7.86. The highest BCUT2D eigenvalue weighted by atomic mass is 32.3. The zero-order valence-electron chi connectivity index (χ0n) is 8.43. The fourth-order valence-electron chi connectivity index (χ4n) is 1.51. The lowest BCUT2D eigenvalue weighted by Gasteiger charge is -2.01. The molecule has 0 aliphatic carbocycles. The third kappa shape index (κ3) is 2.76. The van der Waals surface area contributed by atoms with E-state index < -0.39 is 16.0 Å². The fourth-order valence-corrected chi connectivity index (χ4v) is 1.99. The van der Waals surface area contributed by atoms with Crippen LogP contribution in [-0.2, 0) is 16.6 Å².